The summed E-state index contributed by atoms with van der Waals surface area (Å²) in [7, 11) is 0. The van der Waals surface area contributed by atoms with E-state index in [-0.39, 0.29) is 10.6 Å². The average molecular weight is 275 g/mol. The number of piperidine rings is 1. The van der Waals surface area contributed by atoms with Gasteiger partial charge in [-0.05, 0) is 50.8 Å². The molecule has 3 unspecified atom stereocenters. The van der Waals surface area contributed by atoms with E-state index in [1.807, 2.05) is 13.0 Å². The van der Waals surface area contributed by atoms with E-state index in [2.05, 4.69) is 10.2 Å². The molecule has 20 heavy (non-hydrogen) atoms. The van der Waals surface area contributed by atoms with Gasteiger partial charge in [0.15, 0.2) is 0 Å². The Morgan fingerprint density at radius 3 is 2.75 bits per heavy atom. The summed E-state index contributed by atoms with van der Waals surface area (Å²) in [4.78, 5) is 13.3. The van der Waals surface area contributed by atoms with Crippen molar-refractivity contribution >= 4 is 11.4 Å². The van der Waals surface area contributed by atoms with Crippen molar-refractivity contribution in [3.8, 4) is 0 Å². The van der Waals surface area contributed by atoms with Gasteiger partial charge in [0.25, 0.3) is 5.69 Å². The van der Waals surface area contributed by atoms with Gasteiger partial charge in [0.2, 0.25) is 0 Å². The van der Waals surface area contributed by atoms with Gasteiger partial charge < -0.3 is 10.2 Å². The Hall–Kier alpha value is -1.62. The fraction of sp³-hybridized carbons (Fsp3) is 0.600. The van der Waals surface area contributed by atoms with Gasteiger partial charge in [-0.15, -0.1) is 0 Å². The number of aryl methyl sites for hydroxylation is 2. The minimum atomic E-state index is -0.294. The van der Waals surface area contributed by atoms with E-state index in [4.69, 9.17) is 0 Å². The Morgan fingerprint density at radius 2 is 2.00 bits per heavy atom. The molecule has 2 aliphatic rings. The number of fused-ring (bicyclic) bond motifs is 2. The summed E-state index contributed by atoms with van der Waals surface area (Å²) in [6.07, 6.45) is 2.37. The van der Waals surface area contributed by atoms with E-state index in [1.165, 1.54) is 19.5 Å². The fourth-order valence-electron chi connectivity index (χ4n) is 3.53. The molecule has 0 spiro atoms. The van der Waals surface area contributed by atoms with Gasteiger partial charge in [0, 0.05) is 36.4 Å². The Bertz CT molecular complexity index is 544. The normalized spacial score (nSPS) is 28.4. The van der Waals surface area contributed by atoms with Crippen LogP contribution in [0.4, 0.5) is 11.4 Å². The summed E-state index contributed by atoms with van der Waals surface area (Å²) in [6.45, 7) is 7.33. The lowest BCUT2D eigenvalue weighted by atomic mass is 9.93. The smallest absolute Gasteiger partial charge is 0.274 e. The monoisotopic (exact) mass is 275 g/mol. The maximum Gasteiger partial charge on any atom is 0.274 e. The average Bonchev–Trinajstić information content (AvgIpc) is 2.78. The van der Waals surface area contributed by atoms with Crippen molar-refractivity contribution in [1.29, 1.82) is 0 Å². The first kappa shape index (κ1) is 13.4. The maximum absolute atomic E-state index is 11.1. The van der Waals surface area contributed by atoms with Gasteiger partial charge in [-0.25, -0.2) is 0 Å². The molecule has 0 aromatic heterocycles. The van der Waals surface area contributed by atoms with E-state index < -0.39 is 0 Å². The molecule has 5 nitrogen and oxygen atoms in total. The number of anilines is 1. The van der Waals surface area contributed by atoms with Crippen LogP contribution in [0.2, 0.25) is 0 Å². The van der Waals surface area contributed by atoms with Gasteiger partial charge in [-0.3, -0.25) is 10.1 Å². The van der Waals surface area contributed by atoms with Crippen molar-refractivity contribution in [3.63, 3.8) is 0 Å². The third kappa shape index (κ3) is 2.38. The van der Waals surface area contributed by atoms with Crippen molar-refractivity contribution in [2.45, 2.75) is 32.7 Å². The first-order valence-corrected chi connectivity index (χ1v) is 7.29. The minimum Gasteiger partial charge on any atom is -0.382 e. The molecule has 0 radical (unpaired) electrons. The molecule has 108 valence electrons. The van der Waals surface area contributed by atoms with Gasteiger partial charge in [-0.2, -0.15) is 0 Å². The molecule has 2 bridgehead atoms. The van der Waals surface area contributed by atoms with Crippen LogP contribution in [0.25, 0.3) is 0 Å². The van der Waals surface area contributed by atoms with Crippen LogP contribution in [0.1, 0.15) is 24.0 Å². The zero-order chi connectivity index (χ0) is 14.3. The number of nitro groups is 1. The van der Waals surface area contributed by atoms with Crippen LogP contribution in [-0.2, 0) is 0 Å². The highest BCUT2D eigenvalue weighted by molar-refractivity contribution is 5.60. The van der Waals surface area contributed by atoms with Gasteiger partial charge in [-0.1, -0.05) is 0 Å². The van der Waals surface area contributed by atoms with Crippen LogP contribution in [-0.4, -0.2) is 35.5 Å². The molecule has 5 heteroatoms. The second kappa shape index (κ2) is 5.05. The first-order valence-electron chi connectivity index (χ1n) is 7.29. The molecular formula is C15H21N3O2. The predicted octanol–water partition coefficient (Wildman–Crippen LogP) is 2.72. The SMILES string of the molecule is Cc1cc(C)c([N+](=O)[O-])cc1NC1CCN2CCC1C2. The Morgan fingerprint density at radius 1 is 1.25 bits per heavy atom. The van der Waals surface area contributed by atoms with E-state index in [9.17, 15) is 10.1 Å². The highest BCUT2D eigenvalue weighted by atomic mass is 16.6. The van der Waals surface area contributed by atoms with Gasteiger partial charge in [0.1, 0.15) is 0 Å². The van der Waals surface area contributed by atoms with Crippen LogP contribution in [0.15, 0.2) is 12.1 Å². The van der Waals surface area contributed by atoms with Crippen molar-refractivity contribution in [1.82, 2.24) is 4.90 Å². The van der Waals surface area contributed by atoms with Crippen molar-refractivity contribution in [3.05, 3.63) is 33.4 Å². The number of nitrogens with zero attached hydrogens (tertiary/aromatic N) is 2. The highest BCUT2D eigenvalue weighted by Gasteiger charge is 2.34. The lowest BCUT2D eigenvalue weighted by Crippen LogP contribution is -2.39. The van der Waals surface area contributed by atoms with Crippen LogP contribution in [0.5, 0.6) is 0 Å². The molecule has 2 fully saturated rings. The van der Waals surface area contributed by atoms with E-state index in [0.29, 0.717) is 12.0 Å². The van der Waals surface area contributed by atoms with Crippen molar-refractivity contribution in [2.75, 3.05) is 25.0 Å². The molecule has 3 rings (SSSR count). The molecule has 2 heterocycles. The zero-order valence-electron chi connectivity index (χ0n) is 12.1. The van der Waals surface area contributed by atoms with Crippen molar-refractivity contribution < 1.29 is 4.92 Å². The standard InChI is InChI=1S/C15H21N3O2/c1-10-7-11(2)15(18(19)20)8-14(10)16-13-4-6-17-5-3-12(13)9-17/h7-8,12-13,16H,3-6,9H2,1-2H3. The first-order chi connectivity index (χ1) is 9.54. The Kier molecular flexibility index (Phi) is 3.38. The third-order valence-electron chi connectivity index (χ3n) is 4.71. The minimum absolute atomic E-state index is 0.210. The topological polar surface area (TPSA) is 58.4 Å². The second-order valence-corrected chi connectivity index (χ2v) is 6.10. The highest BCUT2D eigenvalue weighted by Crippen LogP contribution is 2.32. The van der Waals surface area contributed by atoms with Crippen LogP contribution >= 0.6 is 0 Å². The van der Waals surface area contributed by atoms with E-state index >= 15 is 0 Å². The molecule has 0 amide bonds. The molecule has 0 aliphatic carbocycles. The molecule has 2 saturated heterocycles. The van der Waals surface area contributed by atoms with Crippen LogP contribution < -0.4 is 5.32 Å². The number of nitro benzene ring substituents is 1. The Balaban J connectivity index is 1.83. The maximum atomic E-state index is 11.1. The summed E-state index contributed by atoms with van der Waals surface area (Å²) in [5.41, 5.74) is 2.96. The summed E-state index contributed by atoms with van der Waals surface area (Å²) >= 11 is 0. The van der Waals surface area contributed by atoms with Crippen LogP contribution in [0.3, 0.4) is 0 Å². The number of benzene rings is 1. The van der Waals surface area contributed by atoms with Crippen LogP contribution in [0, 0.1) is 29.9 Å². The molecule has 1 aromatic rings. The van der Waals surface area contributed by atoms with Gasteiger partial charge in [0.05, 0.1) is 4.92 Å². The Labute approximate surface area is 119 Å². The molecule has 3 atom stereocenters. The second-order valence-electron chi connectivity index (χ2n) is 6.10. The number of hydrogen-bond donors (Lipinski definition) is 1. The molecular weight excluding hydrogens is 254 g/mol. The molecule has 1 N–H and O–H groups in total. The molecule has 0 saturated carbocycles. The summed E-state index contributed by atoms with van der Waals surface area (Å²) < 4.78 is 0. The summed E-state index contributed by atoms with van der Waals surface area (Å²) in [5, 5.41) is 14.6. The predicted molar refractivity (Wildman–Crippen MR) is 79.1 cm³/mol. The lowest BCUT2D eigenvalue weighted by molar-refractivity contribution is -0.385. The molecule has 1 aromatic carbocycles. The molecule has 2 aliphatic heterocycles. The number of nitrogens with one attached hydrogen (secondary N) is 1. The zero-order valence-corrected chi connectivity index (χ0v) is 12.1. The number of hydrogen-bond acceptors (Lipinski definition) is 4. The summed E-state index contributed by atoms with van der Waals surface area (Å²) in [6, 6.07) is 4.06. The number of rotatable bonds is 3. The van der Waals surface area contributed by atoms with Gasteiger partial charge >= 0.3 is 0 Å². The fourth-order valence-corrected chi connectivity index (χ4v) is 3.53. The van der Waals surface area contributed by atoms with E-state index in [1.54, 1.807) is 13.0 Å². The lowest BCUT2D eigenvalue weighted by Gasteiger charge is -2.32. The van der Waals surface area contributed by atoms with Crippen molar-refractivity contribution in [2.24, 2.45) is 5.92 Å². The summed E-state index contributed by atoms with van der Waals surface area (Å²) in [5.74, 6) is 0.684. The third-order valence-corrected chi connectivity index (χ3v) is 4.71. The quantitative estimate of drug-likeness (QED) is 0.680. The largest absolute Gasteiger partial charge is 0.382 e. The van der Waals surface area contributed by atoms with E-state index in [0.717, 1.165) is 29.8 Å².